The second-order valence-corrected chi connectivity index (χ2v) is 6.48. The molecule has 3 heterocycles. The first-order valence-electron chi connectivity index (χ1n) is 8.02. The van der Waals surface area contributed by atoms with Crippen molar-refractivity contribution in [2.75, 3.05) is 26.8 Å². The number of hydrogen-bond acceptors (Lipinski definition) is 4. The zero-order chi connectivity index (χ0) is 17.6. The van der Waals surface area contributed by atoms with Crippen LogP contribution in [0.2, 0.25) is 0 Å². The number of carbonyl (C=O) groups excluding carboxylic acids is 1. The smallest absolute Gasteiger partial charge is 0.315 e. The number of carboxylic acid groups (broad SMARTS) is 1. The van der Waals surface area contributed by atoms with Gasteiger partial charge in [0.05, 0.1) is 7.11 Å². The van der Waals surface area contributed by atoms with Gasteiger partial charge in [-0.15, -0.1) is 0 Å². The number of methoxy groups -OCH3 is 1. The number of ether oxygens (including phenoxy) is 2. The van der Waals surface area contributed by atoms with E-state index in [4.69, 9.17) is 9.47 Å². The highest BCUT2D eigenvalue weighted by Crippen LogP contribution is 2.50. The van der Waals surface area contributed by atoms with Gasteiger partial charge in [-0.3, -0.25) is 9.59 Å². The van der Waals surface area contributed by atoms with Gasteiger partial charge in [-0.05, 0) is 18.2 Å². The number of aromatic amines is 1. The van der Waals surface area contributed by atoms with E-state index in [1.54, 1.807) is 42.5 Å². The van der Waals surface area contributed by atoms with Crippen LogP contribution >= 0.6 is 0 Å². The molecule has 0 saturated carbocycles. The highest BCUT2D eigenvalue weighted by atomic mass is 16.5. The molecule has 4 rings (SSSR count). The normalized spacial score (nSPS) is 24.2. The van der Waals surface area contributed by atoms with E-state index in [2.05, 4.69) is 4.98 Å². The maximum atomic E-state index is 12.7. The Kier molecular flexibility index (Phi) is 3.45. The van der Waals surface area contributed by atoms with E-state index in [-0.39, 0.29) is 25.0 Å². The Balaban J connectivity index is 1.72. The molecule has 2 aromatic rings. The molecule has 1 fully saturated rings. The van der Waals surface area contributed by atoms with Crippen molar-refractivity contribution in [1.82, 2.24) is 9.88 Å². The molecule has 130 valence electrons. The molecule has 1 aromatic carbocycles. The zero-order valence-corrected chi connectivity index (χ0v) is 13.7. The van der Waals surface area contributed by atoms with Crippen LogP contribution in [0.25, 0.3) is 0 Å². The van der Waals surface area contributed by atoms with Crippen LogP contribution in [-0.2, 0) is 4.79 Å². The van der Waals surface area contributed by atoms with Crippen LogP contribution in [0.4, 0.5) is 0 Å². The molecular formula is C18H18N2O5. The van der Waals surface area contributed by atoms with Crippen LogP contribution in [0, 0.1) is 5.41 Å². The highest BCUT2D eigenvalue weighted by Gasteiger charge is 2.57. The second-order valence-electron chi connectivity index (χ2n) is 6.48. The fourth-order valence-corrected chi connectivity index (χ4v) is 3.78. The first kappa shape index (κ1) is 15.6. The SMILES string of the molecule is COc1ccc2c(c1)OC[C@]1(C(=O)O)CN(C(=O)c3ccc[nH]3)C[C@H]21. The summed E-state index contributed by atoms with van der Waals surface area (Å²) in [7, 11) is 1.57. The monoisotopic (exact) mass is 342 g/mol. The maximum Gasteiger partial charge on any atom is 0.315 e. The van der Waals surface area contributed by atoms with E-state index in [0.717, 1.165) is 5.56 Å². The van der Waals surface area contributed by atoms with Crippen molar-refractivity contribution in [3.05, 3.63) is 47.8 Å². The predicted molar refractivity (Wildman–Crippen MR) is 88.0 cm³/mol. The Labute approximate surface area is 144 Å². The molecule has 7 heteroatoms. The lowest BCUT2D eigenvalue weighted by molar-refractivity contribution is -0.151. The number of nitrogens with one attached hydrogen (secondary N) is 1. The van der Waals surface area contributed by atoms with Crippen LogP contribution in [0.3, 0.4) is 0 Å². The van der Waals surface area contributed by atoms with Gasteiger partial charge >= 0.3 is 5.97 Å². The minimum Gasteiger partial charge on any atom is -0.497 e. The second kappa shape index (κ2) is 5.54. The van der Waals surface area contributed by atoms with Crippen molar-refractivity contribution in [2.45, 2.75) is 5.92 Å². The third kappa shape index (κ3) is 2.26. The summed E-state index contributed by atoms with van der Waals surface area (Å²) in [6, 6.07) is 8.81. The van der Waals surface area contributed by atoms with Crippen molar-refractivity contribution >= 4 is 11.9 Å². The quantitative estimate of drug-likeness (QED) is 0.886. The third-order valence-corrected chi connectivity index (χ3v) is 5.17. The largest absolute Gasteiger partial charge is 0.497 e. The fraction of sp³-hybridized carbons (Fsp3) is 0.333. The number of hydrogen-bond donors (Lipinski definition) is 2. The molecule has 25 heavy (non-hydrogen) atoms. The van der Waals surface area contributed by atoms with Gasteiger partial charge in [0, 0.05) is 36.8 Å². The lowest BCUT2D eigenvalue weighted by atomic mass is 9.73. The van der Waals surface area contributed by atoms with Crippen molar-refractivity contribution < 1.29 is 24.2 Å². The van der Waals surface area contributed by atoms with Gasteiger partial charge in [-0.1, -0.05) is 6.07 Å². The first-order valence-corrected chi connectivity index (χ1v) is 8.02. The molecule has 0 spiro atoms. The van der Waals surface area contributed by atoms with E-state index >= 15 is 0 Å². The summed E-state index contributed by atoms with van der Waals surface area (Å²) >= 11 is 0. The highest BCUT2D eigenvalue weighted by molar-refractivity contribution is 5.93. The average Bonchev–Trinajstić information content (AvgIpc) is 3.28. The molecule has 1 amide bonds. The van der Waals surface area contributed by atoms with Crippen LogP contribution in [0.15, 0.2) is 36.5 Å². The molecule has 0 bridgehead atoms. The summed E-state index contributed by atoms with van der Waals surface area (Å²) in [5, 5.41) is 9.91. The molecule has 2 aliphatic heterocycles. The van der Waals surface area contributed by atoms with Gasteiger partial charge in [0.25, 0.3) is 5.91 Å². The number of benzene rings is 1. The number of likely N-dealkylation sites (tertiary alicyclic amines) is 1. The van der Waals surface area contributed by atoms with Crippen molar-refractivity contribution in [3.63, 3.8) is 0 Å². The van der Waals surface area contributed by atoms with Crippen LogP contribution in [0.1, 0.15) is 22.0 Å². The zero-order valence-electron chi connectivity index (χ0n) is 13.7. The van der Waals surface area contributed by atoms with Gasteiger partial charge < -0.3 is 24.5 Å². The summed E-state index contributed by atoms with van der Waals surface area (Å²) in [4.78, 5) is 29.2. The lowest BCUT2D eigenvalue weighted by Crippen LogP contribution is -2.46. The Morgan fingerprint density at radius 2 is 2.24 bits per heavy atom. The molecule has 0 radical (unpaired) electrons. The Morgan fingerprint density at radius 1 is 1.40 bits per heavy atom. The minimum absolute atomic E-state index is 0.0294. The summed E-state index contributed by atoms with van der Waals surface area (Å²) < 4.78 is 11.0. The molecular weight excluding hydrogens is 324 g/mol. The number of aromatic nitrogens is 1. The molecule has 0 aliphatic carbocycles. The van der Waals surface area contributed by atoms with E-state index in [9.17, 15) is 14.7 Å². The summed E-state index contributed by atoms with van der Waals surface area (Å²) in [5.41, 5.74) is 0.121. The van der Waals surface area contributed by atoms with Gasteiger partial charge in [0.2, 0.25) is 0 Å². The standard InChI is InChI=1S/C18H18N2O5/c1-24-11-4-5-12-13-8-20(16(21)14-3-2-6-19-14)9-18(13,17(22)23)10-25-15(12)7-11/h2-7,13,19H,8-10H2,1H3,(H,22,23)/t13-,18-/m1/s1. The number of aliphatic carboxylic acids is 1. The summed E-state index contributed by atoms with van der Waals surface area (Å²) in [6.45, 7) is 0.491. The Morgan fingerprint density at radius 3 is 2.92 bits per heavy atom. The summed E-state index contributed by atoms with van der Waals surface area (Å²) in [5.74, 6) is -0.191. The predicted octanol–water partition coefficient (Wildman–Crippen LogP) is 1.73. The van der Waals surface area contributed by atoms with Gasteiger partial charge in [0.15, 0.2) is 0 Å². The molecule has 7 nitrogen and oxygen atoms in total. The number of nitrogens with zero attached hydrogens (tertiary/aromatic N) is 1. The van der Waals surface area contributed by atoms with Crippen LogP contribution in [0.5, 0.6) is 11.5 Å². The summed E-state index contributed by atoms with van der Waals surface area (Å²) in [6.07, 6.45) is 1.67. The fourth-order valence-electron chi connectivity index (χ4n) is 3.78. The van der Waals surface area contributed by atoms with Gasteiger partial charge in [-0.2, -0.15) is 0 Å². The number of H-pyrrole nitrogens is 1. The van der Waals surface area contributed by atoms with E-state index in [1.165, 1.54) is 0 Å². The first-order chi connectivity index (χ1) is 12.0. The number of carbonyl (C=O) groups is 2. The molecule has 2 N–H and O–H groups in total. The number of amides is 1. The molecule has 1 aromatic heterocycles. The molecule has 2 atom stereocenters. The molecule has 1 saturated heterocycles. The molecule has 0 unspecified atom stereocenters. The van der Waals surface area contributed by atoms with Crippen molar-refractivity contribution in [1.29, 1.82) is 0 Å². The minimum atomic E-state index is -1.14. The van der Waals surface area contributed by atoms with Gasteiger partial charge in [-0.25, -0.2) is 0 Å². The van der Waals surface area contributed by atoms with Gasteiger partial charge in [0.1, 0.15) is 29.2 Å². The number of fused-ring (bicyclic) bond motifs is 3. The topological polar surface area (TPSA) is 91.9 Å². The van der Waals surface area contributed by atoms with Crippen molar-refractivity contribution in [2.24, 2.45) is 5.41 Å². The number of carboxylic acids is 1. The Hall–Kier alpha value is -2.96. The van der Waals surface area contributed by atoms with E-state index < -0.39 is 11.4 Å². The molecule has 2 aliphatic rings. The van der Waals surface area contributed by atoms with Crippen molar-refractivity contribution in [3.8, 4) is 11.5 Å². The Bertz CT molecular complexity index is 832. The average molecular weight is 342 g/mol. The van der Waals surface area contributed by atoms with E-state index in [0.29, 0.717) is 23.7 Å². The third-order valence-electron chi connectivity index (χ3n) is 5.17. The van der Waals surface area contributed by atoms with Crippen LogP contribution < -0.4 is 9.47 Å². The lowest BCUT2D eigenvalue weighted by Gasteiger charge is -2.35. The van der Waals surface area contributed by atoms with E-state index in [1.807, 2.05) is 6.07 Å². The number of rotatable bonds is 3. The van der Waals surface area contributed by atoms with Crippen LogP contribution in [-0.4, -0.2) is 53.7 Å². The maximum absolute atomic E-state index is 12.7.